The summed E-state index contributed by atoms with van der Waals surface area (Å²) >= 11 is 0. The Kier molecular flexibility index (Phi) is 2.36. The summed E-state index contributed by atoms with van der Waals surface area (Å²) in [5.41, 5.74) is 0. The van der Waals surface area contributed by atoms with Gasteiger partial charge in [0.25, 0.3) is 0 Å². The average Bonchev–Trinajstić information content (AvgIpc) is 1.80. The molecule has 1 aliphatic rings. The second kappa shape index (κ2) is 3.01. The van der Waals surface area contributed by atoms with Gasteiger partial charge >= 0.3 is 5.97 Å². The summed E-state index contributed by atoms with van der Waals surface area (Å²) in [6.07, 6.45) is -2.12. The van der Waals surface area contributed by atoms with Crippen LogP contribution in [0, 0.1) is 5.92 Å². The van der Waals surface area contributed by atoms with Crippen LogP contribution in [0.5, 0.6) is 0 Å². The molecule has 1 atom stereocenters. The van der Waals surface area contributed by atoms with Crippen LogP contribution >= 0.6 is 0 Å². The van der Waals surface area contributed by atoms with Gasteiger partial charge in [0.15, 0.2) is 9.84 Å². The van der Waals surface area contributed by atoms with Crippen LogP contribution in [0.4, 0.5) is 4.39 Å². The summed E-state index contributed by atoms with van der Waals surface area (Å²) in [6, 6.07) is 0. The van der Waals surface area contributed by atoms with Crippen LogP contribution in [0.2, 0.25) is 0 Å². The SMILES string of the molecule is O=C(O)CC(F)C1CS(=O)(=O)C1. The van der Waals surface area contributed by atoms with Crippen molar-refractivity contribution >= 4 is 15.8 Å². The molecule has 0 amide bonds. The Balaban J connectivity index is 2.38. The van der Waals surface area contributed by atoms with Gasteiger partial charge in [-0.05, 0) is 0 Å². The second-order valence-corrected chi connectivity index (χ2v) is 5.10. The lowest BCUT2D eigenvalue weighted by atomic mass is 10.1. The summed E-state index contributed by atoms with van der Waals surface area (Å²) in [4.78, 5) is 10.0. The molecule has 1 saturated heterocycles. The van der Waals surface area contributed by atoms with Gasteiger partial charge in [-0.15, -0.1) is 0 Å². The zero-order valence-corrected chi connectivity index (χ0v) is 7.05. The first-order valence-corrected chi connectivity index (χ1v) is 5.29. The topological polar surface area (TPSA) is 71.4 Å². The minimum Gasteiger partial charge on any atom is -0.481 e. The van der Waals surface area contributed by atoms with Crippen molar-refractivity contribution in [2.45, 2.75) is 12.6 Å². The highest BCUT2D eigenvalue weighted by molar-refractivity contribution is 7.92. The highest BCUT2D eigenvalue weighted by Gasteiger charge is 2.39. The molecular weight excluding hydrogens is 187 g/mol. The van der Waals surface area contributed by atoms with E-state index in [4.69, 9.17) is 5.11 Å². The third-order valence-electron chi connectivity index (χ3n) is 1.82. The van der Waals surface area contributed by atoms with E-state index in [0.29, 0.717) is 0 Å². The van der Waals surface area contributed by atoms with E-state index in [2.05, 4.69) is 0 Å². The van der Waals surface area contributed by atoms with Gasteiger partial charge in [0.05, 0.1) is 17.9 Å². The largest absolute Gasteiger partial charge is 0.481 e. The molecule has 4 nitrogen and oxygen atoms in total. The van der Waals surface area contributed by atoms with E-state index in [0.717, 1.165) is 0 Å². The van der Waals surface area contributed by atoms with Crippen molar-refractivity contribution in [3.63, 3.8) is 0 Å². The Labute approximate surface area is 69.3 Å². The van der Waals surface area contributed by atoms with Crippen molar-refractivity contribution in [2.75, 3.05) is 11.5 Å². The Hall–Kier alpha value is -0.650. The monoisotopic (exact) mass is 196 g/mol. The van der Waals surface area contributed by atoms with Crippen LogP contribution in [-0.2, 0) is 14.6 Å². The molecule has 0 spiro atoms. The van der Waals surface area contributed by atoms with Gasteiger partial charge in [0.1, 0.15) is 6.17 Å². The van der Waals surface area contributed by atoms with Crippen LogP contribution in [-0.4, -0.2) is 37.2 Å². The quantitative estimate of drug-likeness (QED) is 0.681. The van der Waals surface area contributed by atoms with E-state index < -0.39 is 34.3 Å². The van der Waals surface area contributed by atoms with Gasteiger partial charge in [0, 0.05) is 5.92 Å². The second-order valence-electron chi connectivity index (χ2n) is 2.95. The molecule has 1 rings (SSSR count). The van der Waals surface area contributed by atoms with Gasteiger partial charge < -0.3 is 5.11 Å². The molecule has 1 N–H and O–H groups in total. The zero-order chi connectivity index (χ0) is 9.35. The molecule has 6 heteroatoms. The van der Waals surface area contributed by atoms with E-state index >= 15 is 0 Å². The lowest BCUT2D eigenvalue weighted by molar-refractivity contribution is -0.138. The van der Waals surface area contributed by atoms with Crippen molar-refractivity contribution in [1.29, 1.82) is 0 Å². The van der Waals surface area contributed by atoms with Crippen molar-refractivity contribution in [3.8, 4) is 0 Å². The number of sulfone groups is 1. The van der Waals surface area contributed by atoms with Crippen molar-refractivity contribution in [1.82, 2.24) is 0 Å². The Morgan fingerprint density at radius 2 is 2.08 bits per heavy atom. The zero-order valence-electron chi connectivity index (χ0n) is 6.23. The van der Waals surface area contributed by atoms with Crippen LogP contribution in [0.15, 0.2) is 0 Å². The lowest BCUT2D eigenvalue weighted by Crippen LogP contribution is -2.42. The van der Waals surface area contributed by atoms with Crippen molar-refractivity contribution in [2.24, 2.45) is 5.92 Å². The number of hydrogen-bond acceptors (Lipinski definition) is 3. The van der Waals surface area contributed by atoms with Crippen LogP contribution in [0.25, 0.3) is 0 Å². The highest BCUT2D eigenvalue weighted by Crippen LogP contribution is 2.25. The molecule has 0 saturated carbocycles. The van der Waals surface area contributed by atoms with E-state index in [9.17, 15) is 17.6 Å². The fraction of sp³-hybridized carbons (Fsp3) is 0.833. The van der Waals surface area contributed by atoms with Crippen molar-refractivity contribution < 1.29 is 22.7 Å². The molecule has 1 unspecified atom stereocenters. The molecule has 0 aromatic carbocycles. The first-order valence-electron chi connectivity index (χ1n) is 3.47. The minimum atomic E-state index is -3.04. The maximum Gasteiger partial charge on any atom is 0.306 e. The molecule has 0 aromatic heterocycles. The molecule has 0 bridgehead atoms. The average molecular weight is 196 g/mol. The number of hydrogen-bond donors (Lipinski definition) is 1. The molecule has 0 aliphatic carbocycles. The molecule has 1 aliphatic heterocycles. The minimum absolute atomic E-state index is 0.207. The van der Waals surface area contributed by atoms with Gasteiger partial charge in [-0.3, -0.25) is 4.79 Å². The molecule has 0 radical (unpaired) electrons. The number of aliphatic carboxylic acids is 1. The van der Waals surface area contributed by atoms with Crippen LogP contribution in [0.3, 0.4) is 0 Å². The summed E-state index contributed by atoms with van der Waals surface area (Å²) in [7, 11) is -3.04. The van der Waals surface area contributed by atoms with Gasteiger partial charge in [-0.2, -0.15) is 0 Å². The normalized spacial score (nSPS) is 24.4. The predicted octanol–water partition coefficient (Wildman–Crippen LogP) is -0.156. The molecule has 0 aromatic rings. The Morgan fingerprint density at radius 1 is 1.58 bits per heavy atom. The standard InChI is InChI=1S/C6H9FO4S/c7-5(1-6(8)9)4-2-12(10,11)3-4/h4-5H,1-3H2,(H,8,9). The first-order chi connectivity index (χ1) is 5.41. The van der Waals surface area contributed by atoms with E-state index in [-0.39, 0.29) is 11.5 Å². The molecule has 1 heterocycles. The van der Waals surface area contributed by atoms with E-state index in [1.54, 1.807) is 0 Å². The van der Waals surface area contributed by atoms with Crippen LogP contribution in [0.1, 0.15) is 6.42 Å². The summed E-state index contributed by atoms with van der Waals surface area (Å²) in [6.45, 7) is 0. The van der Waals surface area contributed by atoms with E-state index in [1.807, 2.05) is 0 Å². The Bertz CT molecular complexity index is 272. The number of halogens is 1. The Morgan fingerprint density at radius 3 is 2.42 bits per heavy atom. The summed E-state index contributed by atoms with van der Waals surface area (Å²) in [5, 5.41) is 8.19. The number of carboxylic acid groups (broad SMARTS) is 1. The van der Waals surface area contributed by atoms with Gasteiger partial charge in [-0.1, -0.05) is 0 Å². The fourth-order valence-electron chi connectivity index (χ4n) is 1.15. The number of rotatable bonds is 3. The van der Waals surface area contributed by atoms with Gasteiger partial charge in [-0.25, -0.2) is 12.8 Å². The summed E-state index contributed by atoms with van der Waals surface area (Å²) < 4.78 is 33.9. The fourth-order valence-corrected chi connectivity index (χ4v) is 2.77. The van der Waals surface area contributed by atoms with Crippen molar-refractivity contribution in [3.05, 3.63) is 0 Å². The molecule has 12 heavy (non-hydrogen) atoms. The number of carboxylic acids is 1. The maximum atomic E-state index is 12.8. The van der Waals surface area contributed by atoms with Gasteiger partial charge in [0.2, 0.25) is 0 Å². The number of alkyl halides is 1. The molecule has 1 fully saturated rings. The molecular formula is C6H9FO4S. The van der Waals surface area contributed by atoms with Crippen LogP contribution < -0.4 is 0 Å². The smallest absolute Gasteiger partial charge is 0.306 e. The lowest BCUT2D eigenvalue weighted by Gasteiger charge is -2.27. The third-order valence-corrected chi connectivity index (χ3v) is 3.69. The third kappa shape index (κ3) is 2.17. The predicted molar refractivity (Wildman–Crippen MR) is 39.3 cm³/mol. The maximum absolute atomic E-state index is 12.8. The molecule has 70 valence electrons. The summed E-state index contributed by atoms with van der Waals surface area (Å²) in [5.74, 6) is -2.25. The van der Waals surface area contributed by atoms with E-state index in [1.165, 1.54) is 0 Å². The highest BCUT2D eigenvalue weighted by atomic mass is 32.2. The first kappa shape index (κ1) is 9.44. The number of carbonyl (C=O) groups is 1.